The number of hydrazine groups is 1. The van der Waals surface area contributed by atoms with Gasteiger partial charge < -0.3 is 11.1 Å². The highest BCUT2D eigenvalue weighted by atomic mass is 19.4. The highest BCUT2D eigenvalue weighted by molar-refractivity contribution is 6.06. The van der Waals surface area contributed by atoms with Crippen LogP contribution in [-0.2, 0) is 19.0 Å². The van der Waals surface area contributed by atoms with Crippen LogP contribution >= 0.6 is 0 Å². The molecule has 7 nitrogen and oxygen atoms in total. The smallest absolute Gasteiger partial charge is 0.366 e. The van der Waals surface area contributed by atoms with Gasteiger partial charge in [0.05, 0.1) is 16.8 Å². The molecule has 2 heterocycles. The number of carbonyl (C=O) groups is 2. The second kappa shape index (κ2) is 10.9. The highest BCUT2D eigenvalue weighted by Gasteiger charge is 2.38. The van der Waals surface area contributed by atoms with Gasteiger partial charge in [0.15, 0.2) is 0 Å². The molecule has 36 heavy (non-hydrogen) atoms. The predicted octanol–water partition coefficient (Wildman–Crippen LogP) is 3.45. The van der Waals surface area contributed by atoms with Crippen LogP contribution < -0.4 is 16.1 Å². The van der Waals surface area contributed by atoms with Crippen LogP contribution in [-0.4, -0.2) is 48.0 Å². The Morgan fingerprint density at radius 2 is 1.64 bits per heavy atom. The number of hydrogen-bond donors (Lipinski definition) is 2. The standard InChI is InChI=1S/C26H26F3N5O2/c27-26(28,29)22-6-1-2-7-23(22)34(33-12-10-31-11-13-33)25(36)20-5-3-4-18(14-20)8-9-19-15-21(24(30)35)17-32-16-19/h1-7,14-17,31H,8-13H2,(H2,30,35). The first-order chi connectivity index (χ1) is 17.2. The van der Waals surface area contributed by atoms with Crippen molar-refractivity contribution in [3.05, 3.63) is 94.8 Å². The van der Waals surface area contributed by atoms with E-state index < -0.39 is 23.6 Å². The minimum Gasteiger partial charge on any atom is -0.366 e. The van der Waals surface area contributed by atoms with Gasteiger partial charge in [0, 0.05) is 44.1 Å². The van der Waals surface area contributed by atoms with E-state index in [1.165, 1.54) is 24.4 Å². The number of hydrogen-bond acceptors (Lipinski definition) is 5. The molecule has 1 aliphatic heterocycles. The Balaban J connectivity index is 1.62. The maximum atomic E-state index is 13.8. The number of halogens is 3. The van der Waals surface area contributed by atoms with E-state index in [1.807, 2.05) is 6.07 Å². The van der Waals surface area contributed by atoms with Gasteiger partial charge in [-0.15, -0.1) is 0 Å². The normalized spacial score (nSPS) is 14.4. The number of para-hydroxylation sites is 1. The molecule has 3 aromatic rings. The van der Waals surface area contributed by atoms with Gasteiger partial charge in [-0.1, -0.05) is 24.3 Å². The summed E-state index contributed by atoms with van der Waals surface area (Å²) < 4.78 is 41.5. The van der Waals surface area contributed by atoms with E-state index in [0.717, 1.165) is 22.2 Å². The molecular formula is C26H26F3N5O2. The third kappa shape index (κ3) is 5.89. The van der Waals surface area contributed by atoms with Crippen LogP contribution in [0.15, 0.2) is 67.0 Å². The lowest BCUT2D eigenvalue weighted by atomic mass is 10.0. The fourth-order valence-corrected chi connectivity index (χ4v) is 4.17. The van der Waals surface area contributed by atoms with Gasteiger partial charge in [-0.2, -0.15) is 13.2 Å². The lowest BCUT2D eigenvalue weighted by Gasteiger charge is -2.38. The van der Waals surface area contributed by atoms with Gasteiger partial charge in [0.1, 0.15) is 0 Å². The molecule has 0 spiro atoms. The van der Waals surface area contributed by atoms with Crippen LogP contribution in [0, 0.1) is 0 Å². The fraction of sp³-hybridized carbons (Fsp3) is 0.269. The number of rotatable bonds is 7. The molecule has 1 aromatic heterocycles. The molecule has 3 N–H and O–H groups in total. The Morgan fingerprint density at radius 3 is 2.36 bits per heavy atom. The monoisotopic (exact) mass is 497 g/mol. The second-order valence-corrected chi connectivity index (χ2v) is 8.48. The Hall–Kier alpha value is -3.76. The minimum atomic E-state index is -4.61. The molecule has 2 amide bonds. The molecule has 10 heteroatoms. The van der Waals surface area contributed by atoms with Crippen LogP contribution in [0.3, 0.4) is 0 Å². The quantitative estimate of drug-likeness (QED) is 0.522. The Kier molecular flexibility index (Phi) is 7.66. The van der Waals surface area contributed by atoms with Crippen molar-refractivity contribution in [3.8, 4) is 0 Å². The number of nitrogens with one attached hydrogen (secondary N) is 1. The van der Waals surface area contributed by atoms with Crippen molar-refractivity contribution in [2.75, 3.05) is 31.2 Å². The number of carbonyl (C=O) groups excluding carboxylic acids is 2. The van der Waals surface area contributed by atoms with E-state index in [2.05, 4.69) is 10.3 Å². The van der Waals surface area contributed by atoms with Crippen molar-refractivity contribution in [1.82, 2.24) is 15.3 Å². The van der Waals surface area contributed by atoms with Gasteiger partial charge in [0.25, 0.3) is 5.91 Å². The summed E-state index contributed by atoms with van der Waals surface area (Å²) in [5.41, 5.74) is 6.49. The Bertz CT molecular complexity index is 1240. The number of anilines is 1. The lowest BCUT2D eigenvalue weighted by Crippen LogP contribution is -2.55. The van der Waals surface area contributed by atoms with E-state index in [4.69, 9.17) is 5.73 Å². The molecule has 0 bridgehead atoms. The van der Waals surface area contributed by atoms with Gasteiger partial charge in [-0.25, -0.2) is 10.0 Å². The maximum absolute atomic E-state index is 13.8. The molecule has 0 saturated carbocycles. The predicted molar refractivity (Wildman–Crippen MR) is 129 cm³/mol. The molecule has 0 atom stereocenters. The average Bonchev–Trinajstić information content (AvgIpc) is 2.88. The SMILES string of the molecule is NC(=O)c1cncc(CCc2cccc(C(=O)N(c3ccccc3C(F)(F)F)N3CCNCC3)c2)c1. The summed E-state index contributed by atoms with van der Waals surface area (Å²) in [5, 5.41) is 5.97. The van der Waals surface area contributed by atoms with Crippen molar-refractivity contribution in [2.45, 2.75) is 19.0 Å². The zero-order valence-electron chi connectivity index (χ0n) is 19.5. The number of aryl methyl sites for hydroxylation is 2. The van der Waals surface area contributed by atoms with Gasteiger partial charge in [0.2, 0.25) is 5.91 Å². The number of primary amides is 1. The third-order valence-corrected chi connectivity index (χ3v) is 5.96. The van der Waals surface area contributed by atoms with Crippen molar-refractivity contribution in [2.24, 2.45) is 5.73 Å². The molecule has 188 valence electrons. The third-order valence-electron chi connectivity index (χ3n) is 5.96. The highest BCUT2D eigenvalue weighted by Crippen LogP contribution is 2.37. The number of aromatic nitrogens is 1. The summed E-state index contributed by atoms with van der Waals surface area (Å²) in [7, 11) is 0. The summed E-state index contributed by atoms with van der Waals surface area (Å²) in [4.78, 5) is 29.1. The van der Waals surface area contributed by atoms with Crippen molar-refractivity contribution < 1.29 is 22.8 Å². The Labute approximate surface area is 206 Å². The number of pyridine rings is 1. The fourth-order valence-electron chi connectivity index (χ4n) is 4.17. The lowest BCUT2D eigenvalue weighted by molar-refractivity contribution is -0.137. The summed E-state index contributed by atoms with van der Waals surface area (Å²) >= 11 is 0. The zero-order valence-corrected chi connectivity index (χ0v) is 19.5. The number of nitrogens with zero attached hydrogens (tertiary/aromatic N) is 3. The Morgan fingerprint density at radius 1 is 0.944 bits per heavy atom. The van der Waals surface area contributed by atoms with Crippen LogP contribution in [0.25, 0.3) is 0 Å². The molecular weight excluding hydrogens is 471 g/mol. The molecule has 1 aliphatic rings. The number of amides is 2. The van der Waals surface area contributed by atoms with E-state index in [1.54, 1.807) is 35.5 Å². The van der Waals surface area contributed by atoms with Gasteiger partial charge in [-0.05, 0) is 54.3 Å². The minimum absolute atomic E-state index is 0.198. The number of nitrogens with two attached hydrogens (primary N) is 1. The van der Waals surface area contributed by atoms with Crippen LogP contribution in [0.2, 0.25) is 0 Å². The van der Waals surface area contributed by atoms with Crippen molar-refractivity contribution in [3.63, 3.8) is 0 Å². The molecule has 0 unspecified atom stereocenters. The topological polar surface area (TPSA) is 91.6 Å². The average molecular weight is 498 g/mol. The number of alkyl halides is 3. The molecule has 2 aromatic carbocycles. The molecule has 1 saturated heterocycles. The van der Waals surface area contributed by atoms with E-state index in [0.29, 0.717) is 44.6 Å². The van der Waals surface area contributed by atoms with E-state index in [-0.39, 0.29) is 11.3 Å². The first-order valence-corrected chi connectivity index (χ1v) is 11.5. The van der Waals surface area contributed by atoms with Crippen LogP contribution in [0.1, 0.15) is 37.4 Å². The maximum Gasteiger partial charge on any atom is 0.418 e. The summed E-state index contributed by atoms with van der Waals surface area (Å²) in [6, 6.07) is 13.7. The second-order valence-electron chi connectivity index (χ2n) is 8.48. The number of benzene rings is 2. The summed E-state index contributed by atoms with van der Waals surface area (Å²) in [6.45, 7) is 1.88. The van der Waals surface area contributed by atoms with Crippen LogP contribution in [0.5, 0.6) is 0 Å². The van der Waals surface area contributed by atoms with Crippen molar-refractivity contribution >= 4 is 17.5 Å². The molecule has 1 fully saturated rings. The summed E-state index contributed by atoms with van der Waals surface area (Å²) in [5.74, 6) is -1.10. The molecule has 4 rings (SSSR count). The summed E-state index contributed by atoms with van der Waals surface area (Å²) in [6.07, 6.45) is -0.489. The molecule has 0 aliphatic carbocycles. The molecule has 0 radical (unpaired) electrons. The van der Waals surface area contributed by atoms with Gasteiger partial charge >= 0.3 is 6.18 Å². The van der Waals surface area contributed by atoms with E-state index in [9.17, 15) is 22.8 Å². The zero-order chi connectivity index (χ0) is 25.7. The number of piperazine rings is 1. The van der Waals surface area contributed by atoms with Gasteiger partial charge in [-0.3, -0.25) is 14.6 Å². The first-order valence-electron chi connectivity index (χ1n) is 11.5. The first kappa shape index (κ1) is 25.3. The largest absolute Gasteiger partial charge is 0.418 e. The van der Waals surface area contributed by atoms with Crippen molar-refractivity contribution in [1.29, 1.82) is 0 Å². The van der Waals surface area contributed by atoms with Crippen LogP contribution in [0.4, 0.5) is 18.9 Å². The van der Waals surface area contributed by atoms with E-state index >= 15 is 0 Å².